The van der Waals surface area contributed by atoms with E-state index in [4.69, 9.17) is 4.42 Å². The van der Waals surface area contributed by atoms with Crippen LogP contribution in [0, 0.1) is 10.1 Å². The van der Waals surface area contributed by atoms with E-state index in [0.717, 1.165) is 0 Å². The number of fused-ring (bicyclic) bond motifs is 1. The molecule has 0 atom stereocenters. The first-order valence-electron chi connectivity index (χ1n) is 7.35. The van der Waals surface area contributed by atoms with Crippen molar-refractivity contribution in [1.82, 2.24) is 14.5 Å². The molecule has 0 aliphatic rings. The molecule has 0 radical (unpaired) electrons. The van der Waals surface area contributed by atoms with E-state index in [9.17, 15) is 19.7 Å². The predicted octanol–water partition coefficient (Wildman–Crippen LogP) is 1.56. The fourth-order valence-corrected chi connectivity index (χ4v) is 2.36. The molecule has 128 valence electrons. The van der Waals surface area contributed by atoms with E-state index < -0.39 is 10.5 Å². The topological polar surface area (TPSA) is 111 Å². The van der Waals surface area contributed by atoms with Crippen LogP contribution in [0.5, 0.6) is 0 Å². The maximum Gasteiger partial charge on any atom is 0.271 e. The van der Waals surface area contributed by atoms with Gasteiger partial charge in [-0.15, -0.1) is 0 Å². The van der Waals surface area contributed by atoms with Crippen LogP contribution in [0.25, 0.3) is 10.9 Å². The second kappa shape index (κ2) is 6.56. The number of nitro benzene ring substituents is 1. The lowest BCUT2D eigenvalue weighted by molar-refractivity contribution is -0.384. The minimum Gasteiger partial charge on any atom is -0.467 e. The van der Waals surface area contributed by atoms with E-state index in [0.29, 0.717) is 5.76 Å². The highest BCUT2D eigenvalue weighted by Gasteiger charge is 2.15. The fourth-order valence-electron chi connectivity index (χ4n) is 2.36. The normalized spacial score (nSPS) is 10.8. The lowest BCUT2D eigenvalue weighted by Crippen LogP contribution is -2.33. The summed E-state index contributed by atoms with van der Waals surface area (Å²) >= 11 is 0. The first-order valence-corrected chi connectivity index (χ1v) is 7.35. The largest absolute Gasteiger partial charge is 0.467 e. The van der Waals surface area contributed by atoms with Crippen molar-refractivity contribution in [3.8, 4) is 0 Å². The number of nitrogens with zero attached hydrogens (tertiary/aromatic N) is 4. The SMILES string of the molecule is CN(Cc1ccco1)C(=O)Cn1cnc2cc([N+](=O)[O-])ccc2c1=O. The second-order valence-corrected chi connectivity index (χ2v) is 5.47. The van der Waals surface area contributed by atoms with Gasteiger partial charge in [-0.25, -0.2) is 4.98 Å². The number of carbonyl (C=O) groups is 1. The van der Waals surface area contributed by atoms with Crippen molar-refractivity contribution in [1.29, 1.82) is 0 Å². The monoisotopic (exact) mass is 342 g/mol. The summed E-state index contributed by atoms with van der Waals surface area (Å²) in [6.07, 6.45) is 2.73. The highest BCUT2D eigenvalue weighted by atomic mass is 16.6. The lowest BCUT2D eigenvalue weighted by Gasteiger charge is -2.16. The Bertz CT molecular complexity index is 993. The summed E-state index contributed by atoms with van der Waals surface area (Å²) in [4.78, 5) is 40.4. The summed E-state index contributed by atoms with van der Waals surface area (Å²) in [5.74, 6) is 0.341. The third-order valence-corrected chi connectivity index (χ3v) is 3.72. The molecule has 0 bridgehead atoms. The molecule has 0 saturated heterocycles. The van der Waals surface area contributed by atoms with Gasteiger partial charge in [-0.3, -0.25) is 24.3 Å². The number of amides is 1. The summed E-state index contributed by atoms with van der Waals surface area (Å²) in [5, 5.41) is 11.0. The van der Waals surface area contributed by atoms with Crippen molar-refractivity contribution in [3.63, 3.8) is 0 Å². The van der Waals surface area contributed by atoms with Crippen LogP contribution in [0.4, 0.5) is 5.69 Å². The average Bonchev–Trinajstić information content (AvgIpc) is 3.09. The maximum atomic E-state index is 12.4. The fraction of sp³-hybridized carbons (Fsp3) is 0.188. The molecule has 25 heavy (non-hydrogen) atoms. The average molecular weight is 342 g/mol. The van der Waals surface area contributed by atoms with Gasteiger partial charge in [0.15, 0.2) is 0 Å². The molecule has 0 spiro atoms. The summed E-state index contributed by atoms with van der Waals surface area (Å²) < 4.78 is 6.36. The number of likely N-dealkylation sites (N-methyl/N-ethyl adjacent to an activating group) is 1. The maximum absolute atomic E-state index is 12.4. The number of aromatic nitrogens is 2. The van der Waals surface area contributed by atoms with Gasteiger partial charge in [0.25, 0.3) is 11.2 Å². The summed E-state index contributed by atoms with van der Waals surface area (Å²) in [6.45, 7) is 0.101. The number of nitro groups is 1. The third-order valence-electron chi connectivity index (χ3n) is 3.72. The van der Waals surface area contributed by atoms with Gasteiger partial charge < -0.3 is 9.32 Å². The third kappa shape index (κ3) is 3.39. The second-order valence-electron chi connectivity index (χ2n) is 5.47. The van der Waals surface area contributed by atoms with Crippen molar-refractivity contribution in [2.45, 2.75) is 13.1 Å². The van der Waals surface area contributed by atoms with Gasteiger partial charge >= 0.3 is 0 Å². The zero-order chi connectivity index (χ0) is 18.0. The molecule has 3 rings (SSSR count). The Labute approximate surface area is 141 Å². The van der Waals surface area contributed by atoms with Crippen molar-refractivity contribution in [2.24, 2.45) is 0 Å². The first kappa shape index (κ1) is 16.4. The van der Waals surface area contributed by atoms with Gasteiger partial charge in [-0.05, 0) is 18.2 Å². The van der Waals surface area contributed by atoms with E-state index in [1.165, 1.54) is 40.3 Å². The van der Waals surface area contributed by atoms with E-state index in [1.54, 1.807) is 19.2 Å². The van der Waals surface area contributed by atoms with Crippen molar-refractivity contribution < 1.29 is 14.1 Å². The number of hydrogen-bond donors (Lipinski definition) is 0. The van der Waals surface area contributed by atoms with Crippen LogP contribution in [-0.4, -0.2) is 32.3 Å². The first-order chi connectivity index (χ1) is 12.0. The van der Waals surface area contributed by atoms with Crippen LogP contribution in [-0.2, 0) is 17.9 Å². The molecule has 0 aliphatic heterocycles. The number of hydrogen-bond acceptors (Lipinski definition) is 6. The van der Waals surface area contributed by atoms with Gasteiger partial charge in [0.2, 0.25) is 5.91 Å². The number of carbonyl (C=O) groups excluding carboxylic acids is 1. The van der Waals surface area contributed by atoms with E-state index >= 15 is 0 Å². The molecule has 2 heterocycles. The molecule has 9 nitrogen and oxygen atoms in total. The Kier molecular flexibility index (Phi) is 4.29. The van der Waals surface area contributed by atoms with E-state index in [-0.39, 0.29) is 35.6 Å². The minimum absolute atomic E-state index is 0.147. The Morgan fingerprint density at radius 2 is 2.20 bits per heavy atom. The van der Waals surface area contributed by atoms with Crippen molar-refractivity contribution in [2.75, 3.05) is 7.05 Å². The lowest BCUT2D eigenvalue weighted by atomic mass is 10.2. The zero-order valence-corrected chi connectivity index (χ0v) is 13.3. The molecular weight excluding hydrogens is 328 g/mol. The van der Waals surface area contributed by atoms with Crippen LogP contribution in [0.15, 0.2) is 52.1 Å². The van der Waals surface area contributed by atoms with Gasteiger partial charge in [0, 0.05) is 19.2 Å². The smallest absolute Gasteiger partial charge is 0.271 e. The Morgan fingerprint density at radius 1 is 1.40 bits per heavy atom. The summed E-state index contributed by atoms with van der Waals surface area (Å²) in [6, 6.07) is 7.29. The van der Waals surface area contributed by atoms with Crippen LogP contribution >= 0.6 is 0 Å². The van der Waals surface area contributed by atoms with Crippen molar-refractivity contribution in [3.05, 3.63) is 69.2 Å². The van der Waals surface area contributed by atoms with Crippen LogP contribution in [0.2, 0.25) is 0 Å². The Morgan fingerprint density at radius 3 is 2.88 bits per heavy atom. The molecule has 1 aromatic carbocycles. The molecule has 1 amide bonds. The number of furan rings is 1. The van der Waals surface area contributed by atoms with E-state index in [1.807, 2.05) is 0 Å². The molecule has 9 heteroatoms. The highest BCUT2D eigenvalue weighted by Crippen LogP contribution is 2.16. The van der Waals surface area contributed by atoms with Gasteiger partial charge in [0.05, 0.1) is 35.0 Å². The number of benzene rings is 1. The molecule has 2 aromatic heterocycles. The van der Waals surface area contributed by atoms with Crippen LogP contribution in [0.1, 0.15) is 5.76 Å². The molecule has 0 aliphatic carbocycles. The van der Waals surface area contributed by atoms with Crippen molar-refractivity contribution >= 4 is 22.5 Å². The molecule has 0 fully saturated rings. The molecular formula is C16H14N4O5. The quantitative estimate of drug-likeness (QED) is 0.514. The van der Waals surface area contributed by atoms with E-state index in [2.05, 4.69) is 4.98 Å². The minimum atomic E-state index is -0.556. The molecule has 3 aromatic rings. The predicted molar refractivity (Wildman–Crippen MR) is 87.8 cm³/mol. The summed E-state index contributed by atoms with van der Waals surface area (Å²) in [7, 11) is 1.60. The summed E-state index contributed by atoms with van der Waals surface area (Å²) in [5.41, 5.74) is -0.363. The van der Waals surface area contributed by atoms with Gasteiger partial charge in [-0.1, -0.05) is 0 Å². The Hall–Kier alpha value is -3.49. The number of rotatable bonds is 5. The molecule has 0 N–H and O–H groups in total. The van der Waals surface area contributed by atoms with Gasteiger partial charge in [0.1, 0.15) is 12.3 Å². The Balaban J connectivity index is 1.82. The highest BCUT2D eigenvalue weighted by molar-refractivity contribution is 5.80. The molecule has 0 unspecified atom stereocenters. The van der Waals surface area contributed by atoms with Gasteiger partial charge in [-0.2, -0.15) is 0 Å². The van der Waals surface area contributed by atoms with Crippen LogP contribution < -0.4 is 5.56 Å². The number of non-ortho nitro benzene ring substituents is 1. The molecule has 0 saturated carbocycles. The standard InChI is InChI=1S/C16H14N4O5/c1-18(8-12-3-2-6-25-12)15(21)9-19-10-17-14-7-11(20(23)24)4-5-13(14)16(19)22/h2-7,10H,8-9H2,1H3. The zero-order valence-electron chi connectivity index (χ0n) is 13.3. The van der Waals surface area contributed by atoms with Crippen LogP contribution in [0.3, 0.4) is 0 Å².